The van der Waals surface area contributed by atoms with Crippen LogP contribution in [0.3, 0.4) is 0 Å². The molecule has 2 unspecified atom stereocenters. The monoisotopic (exact) mass is 217 g/mol. The van der Waals surface area contributed by atoms with Crippen molar-refractivity contribution in [2.24, 2.45) is 0 Å². The fourth-order valence-corrected chi connectivity index (χ4v) is 1.64. The minimum absolute atomic E-state index is 0.0129. The van der Waals surface area contributed by atoms with Gasteiger partial charge in [-0.25, -0.2) is 9.59 Å². The molecule has 1 heterocycles. The van der Waals surface area contributed by atoms with Gasteiger partial charge in [-0.2, -0.15) is 0 Å². The molecule has 0 bridgehead atoms. The molecule has 1 aliphatic heterocycles. The molecule has 0 aromatic carbocycles. The van der Waals surface area contributed by atoms with Crippen molar-refractivity contribution in [1.82, 2.24) is 5.32 Å². The van der Waals surface area contributed by atoms with Gasteiger partial charge in [0.25, 0.3) is 0 Å². The first-order chi connectivity index (χ1) is 6.85. The predicted octanol–water partition coefficient (Wildman–Crippen LogP) is 0.363. The Morgan fingerprint density at radius 2 is 2.27 bits per heavy atom. The number of carboxylic acids is 1. The van der Waals surface area contributed by atoms with E-state index in [4.69, 9.17) is 5.11 Å². The van der Waals surface area contributed by atoms with E-state index >= 15 is 0 Å². The van der Waals surface area contributed by atoms with E-state index in [1.807, 2.05) is 13.8 Å². The third-order valence-electron chi connectivity index (χ3n) is 2.13. The Balaban J connectivity index is 2.83. The molecule has 1 fully saturated rings. The zero-order valence-corrected chi connectivity index (χ0v) is 8.94. The van der Waals surface area contributed by atoms with Gasteiger partial charge in [-0.1, -0.05) is 13.8 Å². The van der Waals surface area contributed by atoms with Gasteiger partial charge in [0.2, 0.25) is 6.10 Å². The average molecular weight is 217 g/mol. The summed E-state index contributed by atoms with van der Waals surface area (Å²) in [4.78, 5) is 21.7. The lowest BCUT2D eigenvalue weighted by atomic mass is 9.94. The molecule has 0 radical (unpaired) electrons. The van der Waals surface area contributed by atoms with Gasteiger partial charge < -0.3 is 19.9 Å². The summed E-state index contributed by atoms with van der Waals surface area (Å²) < 4.78 is 9.33. The highest BCUT2D eigenvalue weighted by molar-refractivity contribution is 5.78. The molecule has 1 saturated heterocycles. The van der Waals surface area contributed by atoms with Gasteiger partial charge in [0.15, 0.2) is 0 Å². The Kier molecular flexibility index (Phi) is 3.18. The number of aliphatic carboxylic acids is 1. The Labute approximate surface area is 87.5 Å². The lowest BCUT2D eigenvalue weighted by molar-refractivity contribution is -0.162. The maximum absolute atomic E-state index is 10.9. The van der Waals surface area contributed by atoms with Crippen molar-refractivity contribution in [3.63, 3.8) is 0 Å². The molecule has 1 rings (SSSR count). The quantitative estimate of drug-likeness (QED) is 0.664. The molecule has 0 spiro atoms. The van der Waals surface area contributed by atoms with Crippen molar-refractivity contribution < 1.29 is 24.2 Å². The standard InChI is InChI=1S/C9H15NO5/c1-5(2)10-9(3)4-14-8(13)15-6(9)7(11)12/h5-6,10H,4H2,1-3H3,(H,11,12). The highest BCUT2D eigenvalue weighted by Crippen LogP contribution is 2.21. The van der Waals surface area contributed by atoms with E-state index in [1.165, 1.54) is 0 Å². The summed E-state index contributed by atoms with van der Waals surface area (Å²) in [5.74, 6) is -1.18. The number of ether oxygens (including phenoxy) is 2. The molecule has 2 atom stereocenters. The molecular weight excluding hydrogens is 202 g/mol. The van der Waals surface area contributed by atoms with Crippen LogP contribution in [0.5, 0.6) is 0 Å². The number of cyclic esters (lactones) is 2. The summed E-state index contributed by atoms with van der Waals surface area (Å²) in [6.07, 6.45) is -2.16. The van der Waals surface area contributed by atoms with Crippen molar-refractivity contribution in [3.05, 3.63) is 0 Å². The fraction of sp³-hybridized carbons (Fsp3) is 0.778. The van der Waals surface area contributed by atoms with Crippen LogP contribution in [0.15, 0.2) is 0 Å². The molecule has 86 valence electrons. The second kappa shape index (κ2) is 4.06. The Morgan fingerprint density at radius 3 is 2.73 bits per heavy atom. The first-order valence-electron chi connectivity index (χ1n) is 4.69. The van der Waals surface area contributed by atoms with E-state index in [1.54, 1.807) is 6.92 Å². The van der Waals surface area contributed by atoms with Crippen LogP contribution in [0.25, 0.3) is 0 Å². The second-order valence-electron chi connectivity index (χ2n) is 4.09. The van der Waals surface area contributed by atoms with Gasteiger partial charge in [-0.3, -0.25) is 0 Å². The van der Waals surface area contributed by atoms with Gasteiger partial charge in [0.1, 0.15) is 6.61 Å². The summed E-state index contributed by atoms with van der Waals surface area (Å²) in [5.41, 5.74) is -0.895. The first-order valence-corrected chi connectivity index (χ1v) is 4.69. The second-order valence-corrected chi connectivity index (χ2v) is 4.09. The van der Waals surface area contributed by atoms with E-state index in [0.29, 0.717) is 0 Å². The topological polar surface area (TPSA) is 84.9 Å². The van der Waals surface area contributed by atoms with Crippen LogP contribution < -0.4 is 5.32 Å². The SMILES string of the molecule is CC(C)NC1(C)COC(=O)OC1C(=O)O. The molecule has 0 aliphatic carbocycles. The number of carbonyl (C=O) groups is 2. The zero-order valence-electron chi connectivity index (χ0n) is 8.94. The molecule has 15 heavy (non-hydrogen) atoms. The maximum atomic E-state index is 10.9. The normalized spacial score (nSPS) is 30.9. The molecular formula is C9H15NO5. The number of hydrogen-bond donors (Lipinski definition) is 2. The Hall–Kier alpha value is -1.30. The molecule has 6 heteroatoms. The van der Waals surface area contributed by atoms with Gasteiger partial charge >= 0.3 is 12.1 Å². The van der Waals surface area contributed by atoms with E-state index in [2.05, 4.69) is 14.8 Å². The Morgan fingerprint density at radius 1 is 1.67 bits per heavy atom. The van der Waals surface area contributed by atoms with Crippen molar-refractivity contribution in [1.29, 1.82) is 0 Å². The van der Waals surface area contributed by atoms with Crippen LogP contribution in [-0.4, -0.2) is 41.5 Å². The molecule has 0 amide bonds. The van der Waals surface area contributed by atoms with E-state index in [9.17, 15) is 9.59 Å². The highest BCUT2D eigenvalue weighted by Gasteiger charge is 2.47. The largest absolute Gasteiger partial charge is 0.509 e. The van der Waals surface area contributed by atoms with Crippen LogP contribution in [-0.2, 0) is 14.3 Å². The van der Waals surface area contributed by atoms with Crippen LogP contribution >= 0.6 is 0 Å². The Bertz CT molecular complexity index is 278. The highest BCUT2D eigenvalue weighted by atomic mass is 16.7. The van der Waals surface area contributed by atoms with E-state index in [0.717, 1.165) is 0 Å². The van der Waals surface area contributed by atoms with E-state index in [-0.39, 0.29) is 12.6 Å². The minimum atomic E-state index is -1.22. The van der Waals surface area contributed by atoms with Gasteiger partial charge in [0, 0.05) is 6.04 Å². The van der Waals surface area contributed by atoms with Crippen LogP contribution in [0, 0.1) is 0 Å². The minimum Gasteiger partial charge on any atom is -0.478 e. The maximum Gasteiger partial charge on any atom is 0.509 e. The summed E-state index contributed by atoms with van der Waals surface area (Å²) >= 11 is 0. The number of rotatable bonds is 3. The average Bonchev–Trinajstić information content (AvgIpc) is 2.08. The lowest BCUT2D eigenvalue weighted by Gasteiger charge is -2.39. The first kappa shape index (κ1) is 11.8. The van der Waals surface area contributed by atoms with E-state index < -0.39 is 23.8 Å². The number of carboxylic acid groups (broad SMARTS) is 1. The van der Waals surface area contributed by atoms with Gasteiger partial charge in [-0.15, -0.1) is 0 Å². The van der Waals surface area contributed by atoms with Crippen LogP contribution in [0.1, 0.15) is 20.8 Å². The van der Waals surface area contributed by atoms with Crippen molar-refractivity contribution >= 4 is 12.1 Å². The third kappa shape index (κ3) is 2.59. The van der Waals surface area contributed by atoms with Gasteiger partial charge in [0.05, 0.1) is 5.54 Å². The van der Waals surface area contributed by atoms with Crippen LogP contribution in [0.2, 0.25) is 0 Å². The van der Waals surface area contributed by atoms with Crippen molar-refractivity contribution in [2.75, 3.05) is 6.61 Å². The van der Waals surface area contributed by atoms with Gasteiger partial charge in [-0.05, 0) is 6.92 Å². The molecule has 1 aliphatic rings. The molecule has 0 aromatic rings. The van der Waals surface area contributed by atoms with Crippen molar-refractivity contribution in [2.45, 2.75) is 38.5 Å². The third-order valence-corrected chi connectivity index (χ3v) is 2.13. The molecule has 0 aromatic heterocycles. The molecule has 0 saturated carbocycles. The summed E-state index contributed by atoms with van der Waals surface area (Å²) in [5, 5.41) is 12.0. The zero-order chi connectivity index (χ0) is 11.6. The van der Waals surface area contributed by atoms with Crippen LogP contribution in [0.4, 0.5) is 4.79 Å². The van der Waals surface area contributed by atoms with Crippen molar-refractivity contribution in [3.8, 4) is 0 Å². The molecule has 6 nitrogen and oxygen atoms in total. The molecule has 2 N–H and O–H groups in total. The summed E-state index contributed by atoms with van der Waals surface area (Å²) in [6.45, 7) is 5.39. The number of nitrogens with one attached hydrogen (secondary N) is 1. The summed E-state index contributed by atoms with van der Waals surface area (Å²) in [7, 11) is 0. The predicted molar refractivity (Wildman–Crippen MR) is 50.5 cm³/mol. The summed E-state index contributed by atoms with van der Waals surface area (Å²) in [6, 6.07) is 0.0669. The smallest absolute Gasteiger partial charge is 0.478 e. The number of carbonyl (C=O) groups excluding carboxylic acids is 1. The lowest BCUT2D eigenvalue weighted by Crippen LogP contribution is -2.64. The number of hydrogen-bond acceptors (Lipinski definition) is 5. The fourth-order valence-electron chi connectivity index (χ4n) is 1.64.